The fourth-order valence-electron chi connectivity index (χ4n) is 4.52. The maximum absolute atomic E-state index is 11.4. The number of sulfonamides is 2. The highest BCUT2D eigenvalue weighted by Crippen LogP contribution is 2.36. The van der Waals surface area contributed by atoms with E-state index < -0.39 is 31.1 Å². The second-order valence-corrected chi connectivity index (χ2v) is 14.0. The number of halogens is 6. The molecule has 0 spiro atoms. The molecule has 40 heavy (non-hydrogen) atoms. The Hall–Kier alpha value is -0.600. The third-order valence-corrected chi connectivity index (χ3v) is 9.88. The molecule has 0 rings (SSSR count). The van der Waals surface area contributed by atoms with Crippen molar-refractivity contribution >= 4 is 20.0 Å². The standard InChI is InChI=1S/C24H51N.C2F6NO4S2/c1-7-13-16-22(10-4)19-25(20-23(11-5)17-14-8-2)21-24(12-6)18-15-9-3;3-1(4,5)14(10,11)9-15(12,13)2(6,7)8/h22-24H,7-21H2,1-6H3;/q;-1/p+1. The van der Waals surface area contributed by atoms with E-state index in [0.717, 1.165) is 21.9 Å². The molecule has 0 heterocycles. The minimum Gasteiger partial charge on any atom is -0.421 e. The lowest BCUT2D eigenvalue weighted by molar-refractivity contribution is -0.910. The van der Waals surface area contributed by atoms with Crippen LogP contribution in [0.5, 0.6) is 0 Å². The fourth-order valence-corrected chi connectivity index (χ4v) is 6.23. The van der Waals surface area contributed by atoms with Gasteiger partial charge in [-0.15, -0.1) is 0 Å². The molecule has 3 unspecified atom stereocenters. The van der Waals surface area contributed by atoms with Gasteiger partial charge in [-0.3, -0.25) is 0 Å². The Labute approximate surface area is 239 Å². The zero-order valence-corrected chi connectivity index (χ0v) is 26.6. The van der Waals surface area contributed by atoms with Gasteiger partial charge in [0.05, 0.1) is 19.6 Å². The number of quaternary nitrogens is 1. The molecule has 0 saturated carbocycles. The zero-order valence-electron chi connectivity index (χ0n) is 25.0. The number of alkyl halides is 6. The average Bonchev–Trinajstić information content (AvgIpc) is 2.84. The zero-order chi connectivity index (χ0) is 31.6. The molecule has 0 fully saturated rings. The largest absolute Gasteiger partial charge is 0.480 e. The Kier molecular flexibility index (Phi) is 21.1. The molecule has 0 aliphatic rings. The fraction of sp³-hybridized carbons (Fsp3) is 1.00. The first-order chi connectivity index (χ1) is 18.3. The first-order valence-electron chi connectivity index (χ1n) is 14.6. The van der Waals surface area contributed by atoms with Gasteiger partial charge in [-0.25, -0.2) is 16.8 Å². The van der Waals surface area contributed by atoms with Gasteiger partial charge >= 0.3 is 11.0 Å². The molecule has 0 aromatic heterocycles. The third-order valence-electron chi connectivity index (χ3n) is 7.14. The molecule has 6 nitrogen and oxygen atoms in total. The SMILES string of the molecule is CCCCC(CC)C[NH+](CC(CC)CCCC)CC(CC)CCCC.O=S(=O)([N-]S(=O)(=O)C(F)(F)F)C(F)(F)F. The summed E-state index contributed by atoms with van der Waals surface area (Å²) in [6.45, 7) is 18.6. The van der Waals surface area contributed by atoms with Crippen molar-refractivity contribution in [1.29, 1.82) is 0 Å². The second-order valence-electron chi connectivity index (χ2n) is 10.5. The van der Waals surface area contributed by atoms with Crippen molar-refractivity contribution in [2.75, 3.05) is 19.6 Å². The van der Waals surface area contributed by atoms with E-state index >= 15 is 0 Å². The molecular formula is C26H52F6N2O4S2. The highest BCUT2D eigenvalue weighted by Gasteiger charge is 2.47. The van der Waals surface area contributed by atoms with Gasteiger partial charge in [0, 0.05) is 17.8 Å². The van der Waals surface area contributed by atoms with E-state index in [0.29, 0.717) is 0 Å². The Morgan fingerprint density at radius 2 is 0.800 bits per heavy atom. The molecular weight excluding hydrogens is 582 g/mol. The number of hydrogen-bond donors (Lipinski definition) is 1. The van der Waals surface area contributed by atoms with Crippen LogP contribution in [0.15, 0.2) is 0 Å². The van der Waals surface area contributed by atoms with Gasteiger partial charge in [-0.05, 0) is 38.5 Å². The number of nitrogens with zero attached hydrogens (tertiary/aromatic N) is 1. The number of hydrogen-bond acceptors (Lipinski definition) is 4. The lowest BCUT2D eigenvalue weighted by Gasteiger charge is -2.30. The molecule has 244 valence electrons. The molecule has 0 aliphatic carbocycles. The Morgan fingerprint density at radius 1 is 0.550 bits per heavy atom. The summed E-state index contributed by atoms with van der Waals surface area (Å²) in [6, 6.07) is 0. The number of rotatable bonds is 20. The summed E-state index contributed by atoms with van der Waals surface area (Å²) in [5.74, 6) is 2.84. The summed E-state index contributed by atoms with van der Waals surface area (Å²) in [5.41, 5.74) is -12.4. The topological polar surface area (TPSA) is 86.8 Å². The van der Waals surface area contributed by atoms with Gasteiger partial charge in [0.1, 0.15) is 0 Å². The van der Waals surface area contributed by atoms with Crippen molar-refractivity contribution in [3.63, 3.8) is 0 Å². The second kappa shape index (κ2) is 20.3. The summed E-state index contributed by atoms with van der Waals surface area (Å²) in [7, 11) is -13.4. The maximum Gasteiger partial charge on any atom is 0.480 e. The lowest BCUT2D eigenvalue weighted by atomic mass is 9.93. The van der Waals surface area contributed by atoms with E-state index in [2.05, 4.69) is 41.5 Å². The van der Waals surface area contributed by atoms with Crippen LogP contribution in [0.3, 0.4) is 0 Å². The van der Waals surface area contributed by atoms with E-state index in [4.69, 9.17) is 0 Å². The van der Waals surface area contributed by atoms with E-state index in [9.17, 15) is 43.2 Å². The van der Waals surface area contributed by atoms with Crippen LogP contribution in [0, 0.1) is 17.8 Å². The van der Waals surface area contributed by atoms with Crippen LogP contribution in [0.2, 0.25) is 0 Å². The van der Waals surface area contributed by atoms with Gasteiger partial charge in [-0.1, -0.05) is 80.1 Å². The minimum atomic E-state index is -6.72. The molecule has 0 aliphatic heterocycles. The summed E-state index contributed by atoms with van der Waals surface area (Å²) < 4.78 is 109. The highest BCUT2D eigenvalue weighted by molar-refractivity contribution is 8.13. The molecule has 0 saturated heterocycles. The quantitative estimate of drug-likeness (QED) is 0.140. The third kappa shape index (κ3) is 17.4. The van der Waals surface area contributed by atoms with Gasteiger partial charge in [0.2, 0.25) is 0 Å². The predicted molar refractivity (Wildman–Crippen MR) is 149 cm³/mol. The molecule has 14 heteroatoms. The van der Waals surface area contributed by atoms with Crippen molar-refractivity contribution in [1.82, 2.24) is 0 Å². The predicted octanol–water partition coefficient (Wildman–Crippen LogP) is 7.58. The minimum absolute atomic E-state index is 0.778. The smallest absolute Gasteiger partial charge is 0.421 e. The molecule has 0 bridgehead atoms. The van der Waals surface area contributed by atoms with Gasteiger partial charge < -0.3 is 9.03 Å². The van der Waals surface area contributed by atoms with Crippen molar-refractivity contribution in [3.8, 4) is 0 Å². The Balaban J connectivity index is 0. The molecule has 1 N–H and O–H groups in total. The molecule has 0 radical (unpaired) electrons. The van der Waals surface area contributed by atoms with Crippen molar-refractivity contribution in [3.05, 3.63) is 4.13 Å². The summed E-state index contributed by atoms with van der Waals surface area (Å²) in [5, 5.41) is 0. The van der Waals surface area contributed by atoms with E-state index in [1.165, 1.54) is 96.7 Å². The van der Waals surface area contributed by atoms with Crippen molar-refractivity contribution in [2.45, 2.75) is 130 Å². The van der Waals surface area contributed by atoms with Crippen molar-refractivity contribution in [2.24, 2.45) is 17.8 Å². The van der Waals surface area contributed by atoms with Gasteiger partial charge in [-0.2, -0.15) is 26.3 Å². The number of nitrogens with one attached hydrogen (secondary N) is 1. The Bertz CT molecular complexity index is 765. The summed E-state index contributed by atoms with van der Waals surface area (Å²) >= 11 is 0. The van der Waals surface area contributed by atoms with Crippen LogP contribution in [0.1, 0.15) is 119 Å². The Morgan fingerprint density at radius 3 is 0.975 bits per heavy atom. The molecule has 0 aromatic carbocycles. The van der Waals surface area contributed by atoms with Crippen LogP contribution in [0.25, 0.3) is 4.13 Å². The molecule has 0 amide bonds. The van der Waals surface area contributed by atoms with E-state index in [-0.39, 0.29) is 0 Å². The lowest BCUT2D eigenvalue weighted by Crippen LogP contribution is -3.14. The van der Waals surface area contributed by atoms with Crippen LogP contribution in [-0.4, -0.2) is 47.5 Å². The van der Waals surface area contributed by atoms with E-state index in [1.54, 1.807) is 0 Å². The monoisotopic (exact) mass is 634 g/mol. The van der Waals surface area contributed by atoms with Crippen LogP contribution < -0.4 is 4.90 Å². The normalized spacial score (nSPS) is 16.1. The molecule has 3 atom stereocenters. The van der Waals surface area contributed by atoms with Gasteiger partial charge in [0.25, 0.3) is 0 Å². The van der Waals surface area contributed by atoms with Gasteiger partial charge in [0.15, 0.2) is 20.0 Å². The number of unbranched alkanes of at least 4 members (excludes halogenated alkanes) is 3. The maximum atomic E-state index is 11.4. The van der Waals surface area contributed by atoms with E-state index in [1.807, 2.05) is 4.90 Å². The summed E-state index contributed by atoms with van der Waals surface area (Å²) in [4.78, 5) is 1.94. The van der Waals surface area contributed by atoms with Crippen LogP contribution in [-0.2, 0) is 20.0 Å². The van der Waals surface area contributed by atoms with Crippen LogP contribution in [0.4, 0.5) is 26.3 Å². The highest BCUT2D eigenvalue weighted by atomic mass is 32.3. The first kappa shape index (κ1) is 41.5. The summed E-state index contributed by atoms with van der Waals surface area (Å²) in [6.07, 6.45) is 16.8. The molecule has 0 aromatic rings. The average molecular weight is 635 g/mol. The van der Waals surface area contributed by atoms with Crippen LogP contribution >= 0.6 is 0 Å². The first-order valence-corrected chi connectivity index (χ1v) is 17.4. The van der Waals surface area contributed by atoms with Crippen molar-refractivity contribution < 1.29 is 48.1 Å².